The number of nitrogens with one attached hydrogen (secondary N) is 1. The molecule has 25 heavy (non-hydrogen) atoms. The van der Waals surface area contributed by atoms with Crippen LogP contribution in [0.2, 0.25) is 5.15 Å². The second-order valence-electron chi connectivity index (χ2n) is 4.28. The predicted octanol–water partition coefficient (Wildman–Crippen LogP) is 4.79. The summed E-state index contributed by atoms with van der Waals surface area (Å²) >= 11 is 5.19. The zero-order chi connectivity index (χ0) is 19.8. The zero-order valence-corrected chi connectivity index (χ0v) is 11.9. The van der Waals surface area contributed by atoms with Gasteiger partial charge in [-0.25, -0.2) is 4.98 Å². The van der Waals surface area contributed by atoms with Crippen molar-refractivity contribution in [3.8, 4) is 0 Å². The third kappa shape index (κ3) is 4.16. The van der Waals surface area contributed by atoms with Crippen LogP contribution >= 0.6 is 11.6 Å². The molecule has 0 aliphatic heterocycles. The quantitative estimate of drug-likeness (QED) is 0.189. The van der Waals surface area contributed by atoms with Crippen molar-refractivity contribution < 1.29 is 49.1 Å². The fourth-order valence-corrected chi connectivity index (χ4v) is 1.55. The van der Waals surface area contributed by atoms with E-state index in [2.05, 4.69) is 4.98 Å². The Kier molecular flexibility index (Phi) is 5.38. The van der Waals surface area contributed by atoms with Crippen molar-refractivity contribution in [1.29, 1.82) is 0 Å². The molecule has 0 atom stereocenters. The first-order valence-corrected chi connectivity index (χ1v) is 5.98. The molecular formula is C10H4ClF10N3O. The number of anilines is 1. The van der Waals surface area contributed by atoms with Crippen molar-refractivity contribution in [3.63, 3.8) is 0 Å². The van der Waals surface area contributed by atoms with Gasteiger partial charge in [0.25, 0.3) is 0 Å². The monoisotopic (exact) mass is 407 g/mol. The number of alkyl halides is 10. The Morgan fingerprint density at radius 2 is 1.52 bits per heavy atom. The summed E-state index contributed by atoms with van der Waals surface area (Å²) < 4.78 is 126. The highest BCUT2D eigenvalue weighted by Crippen LogP contribution is 2.47. The summed E-state index contributed by atoms with van der Waals surface area (Å²) in [5.74, 6) is -15.5. The van der Waals surface area contributed by atoms with Crippen LogP contribution in [0.1, 0.15) is 5.69 Å². The van der Waals surface area contributed by atoms with Gasteiger partial charge in [0.1, 0.15) is 10.8 Å². The van der Waals surface area contributed by atoms with Gasteiger partial charge < -0.3 is 10.5 Å². The average molecular weight is 408 g/mol. The van der Waals surface area contributed by atoms with Gasteiger partial charge in [-0.05, 0) is 12.1 Å². The Hall–Kier alpha value is -1.99. The third-order valence-corrected chi connectivity index (χ3v) is 2.69. The normalized spacial score (nSPS) is 14.6. The molecule has 0 bridgehead atoms. The molecule has 1 rings (SSSR count). The maximum absolute atomic E-state index is 13.4. The third-order valence-electron chi connectivity index (χ3n) is 2.50. The van der Waals surface area contributed by atoms with Crippen LogP contribution in [0.25, 0.3) is 0 Å². The standard InChI is InChI=1S/C10H4ClF10N3O/c11-5-2-3(1-4(23-5)8(14,15)16)22-6(24-25)7(12,13)9(17,18)10(19,20)21/h1-2,25H,(H,22,23,24). The van der Waals surface area contributed by atoms with Crippen LogP contribution < -0.4 is 5.32 Å². The predicted molar refractivity (Wildman–Crippen MR) is 63.0 cm³/mol. The van der Waals surface area contributed by atoms with E-state index in [1.54, 1.807) is 5.16 Å². The molecule has 0 spiro atoms. The first-order valence-electron chi connectivity index (χ1n) is 5.60. The molecular weight excluding hydrogens is 404 g/mol. The Labute approximate surface area is 136 Å². The number of halogens is 11. The summed E-state index contributed by atoms with van der Waals surface area (Å²) in [5, 5.41) is 10.00. The van der Waals surface area contributed by atoms with E-state index in [4.69, 9.17) is 16.8 Å². The minimum atomic E-state index is -6.75. The maximum atomic E-state index is 13.4. The van der Waals surface area contributed by atoms with Crippen molar-refractivity contribution in [2.24, 2.45) is 5.16 Å². The van der Waals surface area contributed by atoms with Crippen molar-refractivity contribution in [2.75, 3.05) is 5.32 Å². The average Bonchev–Trinajstić information content (AvgIpc) is 2.41. The van der Waals surface area contributed by atoms with Gasteiger partial charge in [-0.2, -0.15) is 43.9 Å². The van der Waals surface area contributed by atoms with E-state index >= 15 is 0 Å². The second-order valence-corrected chi connectivity index (χ2v) is 4.67. The highest BCUT2D eigenvalue weighted by atomic mass is 35.5. The molecule has 15 heteroatoms. The highest BCUT2D eigenvalue weighted by Gasteiger charge is 2.75. The Balaban J connectivity index is 3.31. The summed E-state index contributed by atoms with van der Waals surface area (Å²) in [5.41, 5.74) is -2.90. The van der Waals surface area contributed by atoms with E-state index in [1.165, 1.54) is 0 Å². The fourth-order valence-electron chi connectivity index (χ4n) is 1.34. The second kappa shape index (κ2) is 6.38. The highest BCUT2D eigenvalue weighted by molar-refractivity contribution is 6.29. The molecule has 0 saturated heterocycles. The van der Waals surface area contributed by atoms with E-state index < -0.39 is 46.6 Å². The topological polar surface area (TPSA) is 57.5 Å². The lowest BCUT2D eigenvalue weighted by Gasteiger charge is -2.28. The lowest BCUT2D eigenvalue weighted by Crippen LogP contribution is -2.57. The first-order chi connectivity index (χ1) is 11.0. The van der Waals surface area contributed by atoms with Gasteiger partial charge in [-0.1, -0.05) is 16.8 Å². The number of hydrogen-bond acceptors (Lipinski definition) is 3. The minimum Gasteiger partial charge on any atom is -0.409 e. The molecule has 0 fully saturated rings. The first kappa shape index (κ1) is 21.1. The van der Waals surface area contributed by atoms with Gasteiger partial charge >= 0.3 is 24.2 Å². The SMILES string of the molecule is O/N=C(\Nc1cc(Cl)nc(C(F)(F)F)c1)C(F)(F)C(F)(F)C(F)(F)F. The van der Waals surface area contributed by atoms with Gasteiger partial charge in [0.05, 0.1) is 0 Å². The molecule has 0 saturated carbocycles. The molecule has 0 aliphatic carbocycles. The van der Waals surface area contributed by atoms with Crippen LogP contribution in [0.15, 0.2) is 17.3 Å². The van der Waals surface area contributed by atoms with Crippen LogP contribution in [0.4, 0.5) is 49.6 Å². The van der Waals surface area contributed by atoms with Gasteiger partial charge in [0.15, 0.2) is 0 Å². The van der Waals surface area contributed by atoms with Gasteiger partial charge in [0.2, 0.25) is 5.84 Å². The van der Waals surface area contributed by atoms with Crippen LogP contribution in [-0.4, -0.2) is 34.0 Å². The summed E-state index contributed by atoms with van der Waals surface area (Å²) in [4.78, 5) is 2.77. The Bertz CT molecular complexity index is 670. The summed E-state index contributed by atoms with van der Waals surface area (Å²) in [6.45, 7) is 0. The number of nitrogens with zero attached hydrogens (tertiary/aromatic N) is 2. The Morgan fingerprint density at radius 3 is 1.92 bits per heavy atom. The molecule has 2 N–H and O–H groups in total. The minimum absolute atomic E-state index is 0.0289. The number of aromatic nitrogens is 1. The molecule has 4 nitrogen and oxygen atoms in total. The summed E-state index contributed by atoms with van der Waals surface area (Å²) in [6.07, 6.45) is -11.9. The van der Waals surface area contributed by atoms with Crippen molar-refractivity contribution in [1.82, 2.24) is 4.98 Å². The molecule has 1 aromatic heterocycles. The molecule has 0 aromatic carbocycles. The fraction of sp³-hybridized carbons (Fsp3) is 0.400. The van der Waals surface area contributed by atoms with Crippen LogP contribution in [0, 0.1) is 0 Å². The lowest BCUT2D eigenvalue weighted by atomic mass is 10.1. The zero-order valence-electron chi connectivity index (χ0n) is 11.2. The van der Waals surface area contributed by atoms with E-state index in [9.17, 15) is 43.9 Å². The van der Waals surface area contributed by atoms with E-state index in [1.807, 2.05) is 0 Å². The number of amidine groups is 1. The van der Waals surface area contributed by atoms with Crippen molar-refractivity contribution in [2.45, 2.75) is 24.2 Å². The molecule has 0 radical (unpaired) electrons. The van der Waals surface area contributed by atoms with Gasteiger partial charge in [-0.15, -0.1) is 0 Å². The molecule has 0 aliphatic rings. The van der Waals surface area contributed by atoms with E-state index in [0.29, 0.717) is 6.07 Å². The molecule has 0 amide bonds. The van der Waals surface area contributed by atoms with Crippen LogP contribution in [0.5, 0.6) is 0 Å². The van der Waals surface area contributed by atoms with Crippen LogP contribution in [0.3, 0.4) is 0 Å². The van der Waals surface area contributed by atoms with Gasteiger partial charge in [0, 0.05) is 5.69 Å². The Morgan fingerprint density at radius 1 is 1.00 bits per heavy atom. The van der Waals surface area contributed by atoms with Crippen molar-refractivity contribution >= 4 is 23.1 Å². The summed E-state index contributed by atoms with van der Waals surface area (Å²) in [7, 11) is 0. The largest absolute Gasteiger partial charge is 0.460 e. The summed E-state index contributed by atoms with van der Waals surface area (Å²) in [6, 6.07) is 0.364. The van der Waals surface area contributed by atoms with Crippen molar-refractivity contribution in [3.05, 3.63) is 23.0 Å². The molecule has 1 aromatic rings. The number of hydrogen-bond donors (Lipinski definition) is 2. The maximum Gasteiger partial charge on any atom is 0.460 e. The number of pyridine rings is 1. The molecule has 142 valence electrons. The van der Waals surface area contributed by atoms with E-state index in [-0.39, 0.29) is 6.07 Å². The van der Waals surface area contributed by atoms with E-state index in [0.717, 1.165) is 5.32 Å². The lowest BCUT2D eigenvalue weighted by molar-refractivity contribution is -0.336. The van der Waals surface area contributed by atoms with Crippen LogP contribution in [-0.2, 0) is 6.18 Å². The number of oxime groups is 1. The molecule has 0 unspecified atom stereocenters. The smallest absolute Gasteiger partial charge is 0.409 e. The van der Waals surface area contributed by atoms with Gasteiger partial charge in [-0.3, -0.25) is 0 Å². The molecule has 1 heterocycles. The number of rotatable bonds is 3.